The third-order valence-electron chi connectivity index (χ3n) is 5.10. The number of hydrogen-bond donors (Lipinski definition) is 1. The van der Waals surface area contributed by atoms with Crippen molar-refractivity contribution in [3.8, 4) is 0 Å². The van der Waals surface area contributed by atoms with Crippen LogP contribution in [0, 0.1) is 0 Å². The molecule has 0 spiro atoms. The van der Waals surface area contributed by atoms with Gasteiger partial charge in [-0.25, -0.2) is 4.98 Å². The minimum atomic E-state index is 0.801. The van der Waals surface area contributed by atoms with Gasteiger partial charge in [-0.05, 0) is 36.4 Å². The Morgan fingerprint density at radius 1 is 0.741 bits per heavy atom. The third-order valence-corrected chi connectivity index (χ3v) is 5.10. The Bertz CT molecular complexity index is 1030. The van der Waals surface area contributed by atoms with E-state index in [4.69, 9.17) is 9.72 Å². The van der Waals surface area contributed by atoms with Gasteiger partial charge in [0, 0.05) is 35.2 Å². The standard InChI is InChI=1S/C23H21N3O/c1-3-7-21-19(5-1)23(20-6-2-4-8-22(20)25-21)24-17-9-11-18(12-10-17)26-13-15-27-16-14-26/h1-12H,13-16H2,(H,24,25). The average Bonchev–Trinajstić information content (AvgIpc) is 2.75. The quantitative estimate of drug-likeness (QED) is 0.527. The molecule has 4 aromatic rings. The molecule has 5 rings (SSSR count). The fourth-order valence-corrected chi connectivity index (χ4v) is 3.70. The lowest BCUT2D eigenvalue weighted by Crippen LogP contribution is -2.36. The molecular weight excluding hydrogens is 334 g/mol. The summed E-state index contributed by atoms with van der Waals surface area (Å²) in [5.41, 5.74) is 5.43. The fraction of sp³-hybridized carbons (Fsp3) is 0.174. The molecule has 134 valence electrons. The Labute approximate surface area is 158 Å². The second-order valence-electron chi connectivity index (χ2n) is 6.79. The second kappa shape index (κ2) is 6.89. The van der Waals surface area contributed by atoms with Crippen LogP contribution >= 0.6 is 0 Å². The van der Waals surface area contributed by atoms with E-state index >= 15 is 0 Å². The first-order valence-corrected chi connectivity index (χ1v) is 9.36. The highest BCUT2D eigenvalue weighted by molar-refractivity contribution is 6.08. The van der Waals surface area contributed by atoms with Crippen molar-refractivity contribution in [3.05, 3.63) is 72.8 Å². The molecule has 1 fully saturated rings. The summed E-state index contributed by atoms with van der Waals surface area (Å²) in [6.45, 7) is 3.50. The summed E-state index contributed by atoms with van der Waals surface area (Å²) in [5.74, 6) is 0. The van der Waals surface area contributed by atoms with Crippen LogP contribution in [-0.4, -0.2) is 31.3 Å². The Morgan fingerprint density at radius 3 is 1.96 bits per heavy atom. The summed E-state index contributed by atoms with van der Waals surface area (Å²) in [7, 11) is 0. The molecule has 3 aromatic carbocycles. The van der Waals surface area contributed by atoms with Crippen LogP contribution in [0.15, 0.2) is 72.8 Å². The number of nitrogens with one attached hydrogen (secondary N) is 1. The average molecular weight is 355 g/mol. The van der Waals surface area contributed by atoms with Gasteiger partial charge in [0.15, 0.2) is 0 Å². The smallest absolute Gasteiger partial charge is 0.0730 e. The number of nitrogens with zero attached hydrogens (tertiary/aromatic N) is 2. The van der Waals surface area contributed by atoms with Crippen molar-refractivity contribution >= 4 is 38.9 Å². The van der Waals surface area contributed by atoms with Gasteiger partial charge in [0.2, 0.25) is 0 Å². The van der Waals surface area contributed by atoms with Crippen LogP contribution in [0.1, 0.15) is 0 Å². The fourth-order valence-electron chi connectivity index (χ4n) is 3.70. The molecule has 0 radical (unpaired) electrons. The van der Waals surface area contributed by atoms with Gasteiger partial charge in [-0.3, -0.25) is 0 Å². The van der Waals surface area contributed by atoms with Crippen LogP contribution in [-0.2, 0) is 4.74 Å². The van der Waals surface area contributed by atoms with Crippen LogP contribution in [0.2, 0.25) is 0 Å². The van der Waals surface area contributed by atoms with Crippen LogP contribution in [0.25, 0.3) is 21.8 Å². The molecule has 0 bridgehead atoms. The van der Waals surface area contributed by atoms with E-state index < -0.39 is 0 Å². The van der Waals surface area contributed by atoms with Crippen LogP contribution < -0.4 is 10.2 Å². The Morgan fingerprint density at radius 2 is 1.33 bits per heavy atom. The van der Waals surface area contributed by atoms with Gasteiger partial charge in [0.25, 0.3) is 0 Å². The van der Waals surface area contributed by atoms with E-state index in [-0.39, 0.29) is 0 Å². The normalized spacial score (nSPS) is 14.6. The van der Waals surface area contributed by atoms with E-state index in [1.54, 1.807) is 0 Å². The summed E-state index contributed by atoms with van der Waals surface area (Å²) >= 11 is 0. The molecule has 1 saturated heterocycles. The van der Waals surface area contributed by atoms with Crippen molar-refractivity contribution in [2.24, 2.45) is 0 Å². The minimum absolute atomic E-state index is 0.801. The summed E-state index contributed by atoms with van der Waals surface area (Å²) in [6, 6.07) is 25.2. The SMILES string of the molecule is c1ccc2c(Nc3ccc(N4CCOCC4)cc3)c3ccccc3nc2c1. The number of anilines is 3. The van der Waals surface area contributed by atoms with Gasteiger partial charge < -0.3 is 15.0 Å². The number of hydrogen-bond acceptors (Lipinski definition) is 4. The topological polar surface area (TPSA) is 37.4 Å². The molecule has 4 nitrogen and oxygen atoms in total. The van der Waals surface area contributed by atoms with Crippen molar-refractivity contribution < 1.29 is 4.74 Å². The number of benzene rings is 3. The Hall–Kier alpha value is -3.11. The van der Waals surface area contributed by atoms with E-state index in [1.165, 1.54) is 5.69 Å². The maximum absolute atomic E-state index is 5.45. The molecule has 0 atom stereocenters. The number of morpholine rings is 1. The van der Waals surface area contributed by atoms with E-state index in [1.807, 2.05) is 12.1 Å². The molecule has 1 N–H and O–H groups in total. The summed E-state index contributed by atoms with van der Waals surface area (Å²) < 4.78 is 5.45. The molecule has 1 aromatic heterocycles. The Balaban J connectivity index is 1.53. The highest BCUT2D eigenvalue weighted by Crippen LogP contribution is 2.33. The largest absolute Gasteiger partial charge is 0.378 e. The van der Waals surface area contributed by atoms with Crippen molar-refractivity contribution in [2.75, 3.05) is 36.5 Å². The highest BCUT2D eigenvalue weighted by atomic mass is 16.5. The first kappa shape index (κ1) is 16.1. The van der Waals surface area contributed by atoms with E-state index in [2.05, 4.69) is 70.9 Å². The van der Waals surface area contributed by atoms with Gasteiger partial charge in [-0.15, -0.1) is 0 Å². The van der Waals surface area contributed by atoms with Crippen molar-refractivity contribution in [1.29, 1.82) is 0 Å². The lowest BCUT2D eigenvalue weighted by molar-refractivity contribution is 0.122. The molecule has 0 saturated carbocycles. The lowest BCUT2D eigenvalue weighted by Gasteiger charge is -2.29. The first-order valence-electron chi connectivity index (χ1n) is 9.36. The zero-order valence-corrected chi connectivity index (χ0v) is 15.1. The molecule has 0 aliphatic carbocycles. The number of rotatable bonds is 3. The molecule has 0 unspecified atom stereocenters. The summed E-state index contributed by atoms with van der Waals surface area (Å²) in [5, 5.41) is 5.90. The van der Waals surface area contributed by atoms with E-state index in [0.717, 1.165) is 59.5 Å². The first-order chi connectivity index (χ1) is 13.4. The van der Waals surface area contributed by atoms with Crippen LogP contribution in [0.3, 0.4) is 0 Å². The molecule has 2 heterocycles. The minimum Gasteiger partial charge on any atom is -0.378 e. The van der Waals surface area contributed by atoms with Crippen LogP contribution in [0.5, 0.6) is 0 Å². The molecule has 27 heavy (non-hydrogen) atoms. The van der Waals surface area contributed by atoms with E-state index in [0.29, 0.717) is 0 Å². The maximum Gasteiger partial charge on any atom is 0.0730 e. The number of aromatic nitrogens is 1. The van der Waals surface area contributed by atoms with E-state index in [9.17, 15) is 0 Å². The highest BCUT2D eigenvalue weighted by Gasteiger charge is 2.12. The van der Waals surface area contributed by atoms with Gasteiger partial charge >= 0.3 is 0 Å². The predicted molar refractivity (Wildman–Crippen MR) is 112 cm³/mol. The van der Waals surface area contributed by atoms with Crippen molar-refractivity contribution in [1.82, 2.24) is 4.98 Å². The van der Waals surface area contributed by atoms with Crippen molar-refractivity contribution in [3.63, 3.8) is 0 Å². The maximum atomic E-state index is 5.45. The lowest BCUT2D eigenvalue weighted by atomic mass is 10.1. The van der Waals surface area contributed by atoms with Gasteiger partial charge in [0.1, 0.15) is 0 Å². The summed E-state index contributed by atoms with van der Waals surface area (Å²) in [4.78, 5) is 7.16. The van der Waals surface area contributed by atoms with Crippen molar-refractivity contribution in [2.45, 2.75) is 0 Å². The molecule has 4 heteroatoms. The zero-order valence-electron chi connectivity index (χ0n) is 15.1. The second-order valence-corrected chi connectivity index (χ2v) is 6.79. The predicted octanol–water partition coefficient (Wildman–Crippen LogP) is 4.97. The molecule has 0 amide bonds. The summed E-state index contributed by atoms with van der Waals surface area (Å²) in [6.07, 6.45) is 0. The number of para-hydroxylation sites is 2. The molecule has 1 aliphatic heterocycles. The molecular formula is C23H21N3O. The number of ether oxygens (including phenoxy) is 1. The number of pyridine rings is 1. The van der Waals surface area contributed by atoms with Gasteiger partial charge in [0.05, 0.1) is 29.9 Å². The monoisotopic (exact) mass is 355 g/mol. The number of fused-ring (bicyclic) bond motifs is 2. The van der Waals surface area contributed by atoms with Gasteiger partial charge in [-0.1, -0.05) is 36.4 Å². The molecule has 1 aliphatic rings. The third kappa shape index (κ3) is 3.09. The van der Waals surface area contributed by atoms with Gasteiger partial charge in [-0.2, -0.15) is 0 Å². The zero-order chi connectivity index (χ0) is 18.1. The Kier molecular flexibility index (Phi) is 4.11. The van der Waals surface area contributed by atoms with Crippen LogP contribution in [0.4, 0.5) is 17.1 Å².